The number of anilines is 1. The van der Waals surface area contributed by atoms with Crippen LogP contribution >= 0.6 is 0 Å². The summed E-state index contributed by atoms with van der Waals surface area (Å²) in [6, 6.07) is 14.0. The molecule has 0 aliphatic carbocycles. The van der Waals surface area contributed by atoms with E-state index in [0.29, 0.717) is 0 Å². The SMILES string of the molecule is CC1(Cc2ccccc2)CCCN1C(=O)Nc1ccncc1. The van der Waals surface area contributed by atoms with Crippen molar-refractivity contribution in [2.24, 2.45) is 0 Å². The van der Waals surface area contributed by atoms with Crippen LogP contribution in [-0.4, -0.2) is 28.0 Å². The molecule has 2 heterocycles. The zero-order chi connectivity index (χ0) is 15.4. The smallest absolute Gasteiger partial charge is 0.319 e. The number of nitrogens with one attached hydrogen (secondary N) is 1. The van der Waals surface area contributed by atoms with Crippen LogP contribution in [0, 0.1) is 0 Å². The Kier molecular flexibility index (Phi) is 4.09. The Morgan fingerprint density at radius 3 is 2.68 bits per heavy atom. The first kappa shape index (κ1) is 14.6. The lowest BCUT2D eigenvalue weighted by Gasteiger charge is -2.35. The third-order valence-corrected chi connectivity index (χ3v) is 4.35. The number of carbonyl (C=O) groups excluding carboxylic acids is 1. The Morgan fingerprint density at radius 1 is 1.23 bits per heavy atom. The Balaban J connectivity index is 1.73. The van der Waals surface area contributed by atoms with Crippen LogP contribution in [0.1, 0.15) is 25.3 Å². The normalized spacial score (nSPS) is 20.9. The van der Waals surface area contributed by atoms with E-state index in [1.54, 1.807) is 12.4 Å². The number of benzene rings is 1. The molecule has 1 fully saturated rings. The fraction of sp³-hybridized carbons (Fsp3) is 0.333. The zero-order valence-electron chi connectivity index (χ0n) is 12.8. The number of urea groups is 1. The van der Waals surface area contributed by atoms with Crippen LogP contribution < -0.4 is 5.32 Å². The molecule has 1 aromatic heterocycles. The lowest BCUT2D eigenvalue weighted by atomic mass is 9.90. The summed E-state index contributed by atoms with van der Waals surface area (Å²) < 4.78 is 0. The van der Waals surface area contributed by atoms with E-state index in [-0.39, 0.29) is 11.6 Å². The molecule has 0 radical (unpaired) electrons. The molecule has 1 N–H and O–H groups in total. The van der Waals surface area contributed by atoms with E-state index in [4.69, 9.17) is 0 Å². The molecule has 2 aromatic rings. The molecule has 0 bridgehead atoms. The molecule has 1 atom stereocenters. The topological polar surface area (TPSA) is 45.2 Å². The van der Waals surface area contributed by atoms with Gasteiger partial charge in [-0.2, -0.15) is 0 Å². The first-order valence-corrected chi connectivity index (χ1v) is 7.70. The van der Waals surface area contributed by atoms with Crippen molar-refractivity contribution in [3.8, 4) is 0 Å². The first-order chi connectivity index (χ1) is 10.7. The van der Waals surface area contributed by atoms with E-state index in [1.807, 2.05) is 23.1 Å². The van der Waals surface area contributed by atoms with Gasteiger partial charge in [0.25, 0.3) is 0 Å². The van der Waals surface area contributed by atoms with Crippen LogP contribution in [0.25, 0.3) is 0 Å². The quantitative estimate of drug-likeness (QED) is 0.938. The summed E-state index contributed by atoms with van der Waals surface area (Å²) >= 11 is 0. The van der Waals surface area contributed by atoms with Crippen molar-refractivity contribution in [2.75, 3.05) is 11.9 Å². The summed E-state index contributed by atoms with van der Waals surface area (Å²) in [4.78, 5) is 18.6. The molecule has 1 aliphatic heterocycles. The summed E-state index contributed by atoms with van der Waals surface area (Å²) in [7, 11) is 0. The van der Waals surface area contributed by atoms with Crippen molar-refractivity contribution in [2.45, 2.75) is 31.7 Å². The van der Waals surface area contributed by atoms with Gasteiger partial charge >= 0.3 is 6.03 Å². The number of amides is 2. The minimum absolute atomic E-state index is 0.0258. The zero-order valence-corrected chi connectivity index (χ0v) is 12.8. The largest absolute Gasteiger partial charge is 0.322 e. The van der Waals surface area contributed by atoms with Gasteiger partial charge in [-0.3, -0.25) is 4.98 Å². The van der Waals surface area contributed by atoms with Crippen LogP contribution in [0.5, 0.6) is 0 Å². The lowest BCUT2D eigenvalue weighted by molar-refractivity contribution is 0.168. The standard InChI is InChI=1S/C18H21N3O/c1-18(14-15-6-3-2-4-7-15)10-5-13-21(18)17(22)20-16-8-11-19-12-9-16/h2-4,6-9,11-12H,5,10,13-14H2,1H3,(H,19,20,22). The van der Waals surface area contributed by atoms with Crippen molar-refractivity contribution < 1.29 is 4.79 Å². The number of hydrogen-bond donors (Lipinski definition) is 1. The van der Waals surface area contributed by atoms with E-state index in [9.17, 15) is 4.79 Å². The minimum atomic E-state index is -0.127. The summed E-state index contributed by atoms with van der Waals surface area (Å²) in [6.45, 7) is 2.99. The van der Waals surface area contributed by atoms with Gasteiger partial charge in [-0.25, -0.2) is 4.79 Å². The highest BCUT2D eigenvalue weighted by molar-refractivity contribution is 5.90. The van der Waals surface area contributed by atoms with E-state index in [0.717, 1.165) is 31.5 Å². The van der Waals surface area contributed by atoms with Crippen LogP contribution in [0.15, 0.2) is 54.9 Å². The van der Waals surface area contributed by atoms with E-state index in [2.05, 4.69) is 41.5 Å². The van der Waals surface area contributed by atoms with E-state index in [1.165, 1.54) is 5.56 Å². The van der Waals surface area contributed by atoms with Crippen molar-refractivity contribution in [3.05, 3.63) is 60.4 Å². The number of carbonyl (C=O) groups is 1. The first-order valence-electron chi connectivity index (χ1n) is 7.70. The van der Waals surface area contributed by atoms with Gasteiger partial charge in [0.05, 0.1) is 0 Å². The molecule has 1 aliphatic rings. The Labute approximate surface area is 131 Å². The second kappa shape index (κ2) is 6.18. The van der Waals surface area contributed by atoms with Gasteiger partial charge in [-0.15, -0.1) is 0 Å². The second-order valence-electron chi connectivity index (χ2n) is 6.08. The molecule has 4 nitrogen and oxygen atoms in total. The molecule has 22 heavy (non-hydrogen) atoms. The van der Waals surface area contributed by atoms with Gasteiger partial charge in [-0.1, -0.05) is 30.3 Å². The van der Waals surface area contributed by atoms with Crippen molar-refractivity contribution in [1.82, 2.24) is 9.88 Å². The Bertz CT molecular complexity index is 629. The number of hydrogen-bond acceptors (Lipinski definition) is 2. The molecule has 0 saturated carbocycles. The maximum atomic E-state index is 12.6. The summed E-state index contributed by atoms with van der Waals surface area (Å²) in [6.07, 6.45) is 6.34. The highest BCUT2D eigenvalue weighted by Crippen LogP contribution is 2.32. The maximum absolute atomic E-state index is 12.6. The van der Waals surface area contributed by atoms with Gasteiger partial charge in [0.1, 0.15) is 0 Å². The number of aromatic nitrogens is 1. The molecule has 3 rings (SSSR count). The number of likely N-dealkylation sites (tertiary alicyclic amines) is 1. The fourth-order valence-corrected chi connectivity index (χ4v) is 3.22. The van der Waals surface area contributed by atoms with Crippen LogP contribution in [0.3, 0.4) is 0 Å². The third kappa shape index (κ3) is 3.11. The molecular weight excluding hydrogens is 274 g/mol. The highest BCUT2D eigenvalue weighted by atomic mass is 16.2. The third-order valence-electron chi connectivity index (χ3n) is 4.35. The van der Waals surface area contributed by atoms with Gasteiger partial charge in [0.2, 0.25) is 0 Å². The van der Waals surface area contributed by atoms with Crippen molar-refractivity contribution in [1.29, 1.82) is 0 Å². The summed E-state index contributed by atoms with van der Waals surface area (Å²) in [5, 5.41) is 2.97. The monoisotopic (exact) mass is 295 g/mol. The average molecular weight is 295 g/mol. The van der Waals surface area contributed by atoms with Crippen LogP contribution in [0.2, 0.25) is 0 Å². The second-order valence-corrected chi connectivity index (χ2v) is 6.08. The van der Waals surface area contributed by atoms with Gasteiger partial charge in [-0.05, 0) is 43.9 Å². The molecule has 4 heteroatoms. The number of pyridine rings is 1. The molecule has 1 saturated heterocycles. The highest BCUT2D eigenvalue weighted by Gasteiger charge is 2.39. The summed E-state index contributed by atoms with van der Waals surface area (Å²) in [5.74, 6) is 0. The van der Waals surface area contributed by atoms with Gasteiger partial charge in [0, 0.05) is 30.2 Å². The van der Waals surface area contributed by atoms with Crippen LogP contribution in [0.4, 0.5) is 10.5 Å². The maximum Gasteiger partial charge on any atom is 0.322 e. The molecule has 114 valence electrons. The molecule has 1 unspecified atom stereocenters. The number of nitrogens with zero attached hydrogens (tertiary/aromatic N) is 2. The van der Waals surface area contributed by atoms with Crippen molar-refractivity contribution >= 4 is 11.7 Å². The van der Waals surface area contributed by atoms with Gasteiger partial charge in [0.15, 0.2) is 0 Å². The predicted octanol–water partition coefficient (Wildman–Crippen LogP) is 3.71. The Morgan fingerprint density at radius 2 is 1.95 bits per heavy atom. The van der Waals surface area contributed by atoms with E-state index < -0.39 is 0 Å². The predicted molar refractivity (Wildman–Crippen MR) is 87.7 cm³/mol. The molecule has 2 amide bonds. The van der Waals surface area contributed by atoms with E-state index >= 15 is 0 Å². The van der Waals surface area contributed by atoms with Gasteiger partial charge < -0.3 is 10.2 Å². The van der Waals surface area contributed by atoms with Crippen LogP contribution in [-0.2, 0) is 6.42 Å². The molecular formula is C18H21N3O. The number of rotatable bonds is 3. The molecule has 0 spiro atoms. The average Bonchev–Trinajstić information content (AvgIpc) is 2.90. The summed E-state index contributed by atoms with van der Waals surface area (Å²) in [5.41, 5.74) is 1.93. The Hall–Kier alpha value is -2.36. The lowest BCUT2D eigenvalue weighted by Crippen LogP contribution is -2.48. The fourth-order valence-electron chi connectivity index (χ4n) is 3.22. The minimum Gasteiger partial charge on any atom is -0.319 e. The molecule has 1 aromatic carbocycles. The van der Waals surface area contributed by atoms with Crippen molar-refractivity contribution in [3.63, 3.8) is 0 Å².